The van der Waals surface area contributed by atoms with Crippen molar-refractivity contribution in [1.29, 1.82) is 0 Å². The maximum absolute atomic E-state index is 5.78. The summed E-state index contributed by atoms with van der Waals surface area (Å²) in [7, 11) is 0. The van der Waals surface area contributed by atoms with E-state index in [0.29, 0.717) is 6.61 Å². The zero-order valence-electron chi connectivity index (χ0n) is 13.1. The van der Waals surface area contributed by atoms with Gasteiger partial charge in [0.05, 0.1) is 0 Å². The molecule has 1 aromatic heterocycles. The molecule has 0 aliphatic heterocycles. The first kappa shape index (κ1) is 15.0. The molecule has 23 heavy (non-hydrogen) atoms. The third-order valence-corrected chi connectivity index (χ3v) is 3.42. The van der Waals surface area contributed by atoms with E-state index in [1.807, 2.05) is 49.4 Å². The molecule has 0 atom stereocenters. The van der Waals surface area contributed by atoms with E-state index in [0.717, 1.165) is 29.4 Å². The molecule has 1 heterocycles. The number of hydrogen-bond donors (Lipinski definition) is 1. The van der Waals surface area contributed by atoms with Crippen LogP contribution in [0.1, 0.15) is 16.8 Å². The van der Waals surface area contributed by atoms with Gasteiger partial charge in [0.2, 0.25) is 0 Å². The molecule has 0 fully saturated rings. The predicted octanol–water partition coefficient (Wildman–Crippen LogP) is 3.98. The molecule has 4 heteroatoms. The first-order valence-corrected chi connectivity index (χ1v) is 7.58. The van der Waals surface area contributed by atoms with Crippen molar-refractivity contribution in [1.82, 2.24) is 9.97 Å². The van der Waals surface area contributed by atoms with Gasteiger partial charge in [-0.05, 0) is 30.2 Å². The van der Waals surface area contributed by atoms with Crippen LogP contribution in [0, 0.1) is 6.92 Å². The second kappa shape index (κ2) is 7.40. The van der Waals surface area contributed by atoms with Crippen molar-refractivity contribution in [3.8, 4) is 5.75 Å². The van der Waals surface area contributed by atoms with Crippen LogP contribution < -0.4 is 10.1 Å². The fourth-order valence-electron chi connectivity index (χ4n) is 2.26. The molecule has 0 unspecified atom stereocenters. The lowest BCUT2D eigenvalue weighted by Gasteiger charge is -2.09. The Labute approximate surface area is 136 Å². The van der Waals surface area contributed by atoms with Gasteiger partial charge in [0.15, 0.2) is 0 Å². The van der Waals surface area contributed by atoms with Gasteiger partial charge in [0.25, 0.3) is 0 Å². The quantitative estimate of drug-likeness (QED) is 0.748. The molecule has 0 amide bonds. The van der Waals surface area contributed by atoms with E-state index in [2.05, 4.69) is 33.5 Å². The number of ether oxygens (including phenoxy) is 1. The van der Waals surface area contributed by atoms with Crippen LogP contribution in [-0.4, -0.2) is 9.97 Å². The van der Waals surface area contributed by atoms with Crippen molar-refractivity contribution in [2.75, 3.05) is 5.32 Å². The van der Waals surface area contributed by atoms with E-state index in [9.17, 15) is 0 Å². The van der Waals surface area contributed by atoms with E-state index < -0.39 is 0 Å². The predicted molar refractivity (Wildman–Crippen MR) is 91.3 cm³/mol. The molecule has 0 saturated heterocycles. The first-order chi connectivity index (χ1) is 11.3. The first-order valence-electron chi connectivity index (χ1n) is 7.58. The number of aryl methyl sites for hydroxylation is 1. The summed E-state index contributed by atoms with van der Waals surface area (Å²) in [6.45, 7) is 3.23. The minimum absolute atomic E-state index is 0.560. The minimum Gasteiger partial charge on any atom is -0.489 e. The number of hydrogen-bond acceptors (Lipinski definition) is 4. The Morgan fingerprint density at radius 1 is 0.913 bits per heavy atom. The fourth-order valence-corrected chi connectivity index (χ4v) is 2.26. The minimum atomic E-state index is 0.560. The Kier molecular flexibility index (Phi) is 4.84. The number of aromatic nitrogens is 2. The SMILES string of the molecule is Cc1cc(NCc2cccc(COc3ccccc3)c2)ncn1. The smallest absolute Gasteiger partial charge is 0.129 e. The van der Waals surface area contributed by atoms with Gasteiger partial charge in [-0.3, -0.25) is 0 Å². The maximum atomic E-state index is 5.78. The second-order valence-electron chi connectivity index (χ2n) is 5.32. The summed E-state index contributed by atoms with van der Waals surface area (Å²) in [6, 6.07) is 20.1. The van der Waals surface area contributed by atoms with Crippen LogP contribution in [0.3, 0.4) is 0 Å². The third kappa shape index (κ3) is 4.54. The van der Waals surface area contributed by atoms with Crippen LogP contribution in [0.4, 0.5) is 5.82 Å². The molecule has 0 aliphatic carbocycles. The lowest BCUT2D eigenvalue weighted by atomic mass is 10.1. The van der Waals surface area contributed by atoms with Gasteiger partial charge in [0, 0.05) is 18.3 Å². The Bertz CT molecular complexity index is 759. The molecule has 1 N–H and O–H groups in total. The van der Waals surface area contributed by atoms with Gasteiger partial charge in [-0.15, -0.1) is 0 Å². The molecule has 0 radical (unpaired) electrons. The molecule has 0 bridgehead atoms. The third-order valence-electron chi connectivity index (χ3n) is 3.42. The molecule has 0 spiro atoms. The highest BCUT2D eigenvalue weighted by Crippen LogP contribution is 2.13. The summed E-state index contributed by atoms with van der Waals surface area (Å²) in [6.07, 6.45) is 1.57. The van der Waals surface area contributed by atoms with Crippen LogP contribution in [0.25, 0.3) is 0 Å². The second-order valence-corrected chi connectivity index (χ2v) is 5.32. The molecule has 3 aromatic rings. The zero-order valence-corrected chi connectivity index (χ0v) is 13.1. The van der Waals surface area contributed by atoms with Crippen LogP contribution in [0.2, 0.25) is 0 Å². The zero-order chi connectivity index (χ0) is 15.9. The summed E-state index contributed by atoms with van der Waals surface area (Å²) >= 11 is 0. The molecular formula is C19H19N3O. The summed E-state index contributed by atoms with van der Waals surface area (Å²) in [5, 5.41) is 3.31. The van der Waals surface area contributed by atoms with E-state index >= 15 is 0 Å². The van der Waals surface area contributed by atoms with Gasteiger partial charge in [-0.25, -0.2) is 9.97 Å². The number of nitrogens with one attached hydrogen (secondary N) is 1. The lowest BCUT2D eigenvalue weighted by Crippen LogP contribution is -2.03. The van der Waals surface area contributed by atoms with Gasteiger partial charge in [-0.1, -0.05) is 42.5 Å². The number of anilines is 1. The standard InChI is InChI=1S/C19H19N3O/c1-15-10-19(22-14-21-15)20-12-16-6-5-7-17(11-16)13-23-18-8-3-2-4-9-18/h2-11,14H,12-13H2,1H3,(H,20,21,22). The van der Waals surface area contributed by atoms with Crippen molar-refractivity contribution in [2.45, 2.75) is 20.1 Å². The average Bonchev–Trinajstić information content (AvgIpc) is 2.60. The Morgan fingerprint density at radius 2 is 1.74 bits per heavy atom. The summed E-state index contributed by atoms with van der Waals surface area (Å²) in [5.41, 5.74) is 3.29. The van der Waals surface area contributed by atoms with E-state index in [1.54, 1.807) is 6.33 Å². The van der Waals surface area contributed by atoms with Crippen molar-refractivity contribution >= 4 is 5.82 Å². The van der Waals surface area contributed by atoms with Crippen molar-refractivity contribution < 1.29 is 4.74 Å². The van der Waals surface area contributed by atoms with Crippen LogP contribution in [0.15, 0.2) is 67.0 Å². The molecule has 0 saturated carbocycles. The highest BCUT2D eigenvalue weighted by molar-refractivity contribution is 5.36. The summed E-state index contributed by atoms with van der Waals surface area (Å²) in [5.74, 6) is 1.72. The molecule has 4 nitrogen and oxygen atoms in total. The number of rotatable bonds is 6. The highest BCUT2D eigenvalue weighted by atomic mass is 16.5. The molecule has 3 rings (SSSR count). The van der Waals surface area contributed by atoms with Crippen LogP contribution in [0.5, 0.6) is 5.75 Å². The Morgan fingerprint density at radius 3 is 2.57 bits per heavy atom. The molecule has 116 valence electrons. The maximum Gasteiger partial charge on any atom is 0.129 e. The van der Waals surface area contributed by atoms with Crippen molar-refractivity contribution in [2.24, 2.45) is 0 Å². The molecule has 2 aromatic carbocycles. The van der Waals surface area contributed by atoms with E-state index in [1.165, 1.54) is 5.56 Å². The summed E-state index contributed by atoms with van der Waals surface area (Å²) in [4.78, 5) is 8.30. The van der Waals surface area contributed by atoms with Gasteiger partial charge >= 0.3 is 0 Å². The number of para-hydroxylation sites is 1. The lowest BCUT2D eigenvalue weighted by molar-refractivity contribution is 0.306. The molecule has 0 aliphatic rings. The largest absolute Gasteiger partial charge is 0.489 e. The Balaban J connectivity index is 1.59. The number of nitrogens with zero attached hydrogens (tertiary/aromatic N) is 2. The molecular weight excluding hydrogens is 286 g/mol. The van der Waals surface area contributed by atoms with Crippen molar-refractivity contribution in [3.05, 3.63) is 83.8 Å². The van der Waals surface area contributed by atoms with E-state index in [-0.39, 0.29) is 0 Å². The monoisotopic (exact) mass is 305 g/mol. The van der Waals surface area contributed by atoms with Crippen molar-refractivity contribution in [3.63, 3.8) is 0 Å². The topological polar surface area (TPSA) is 47.0 Å². The van der Waals surface area contributed by atoms with Gasteiger partial charge in [0.1, 0.15) is 24.5 Å². The fraction of sp³-hybridized carbons (Fsp3) is 0.158. The van der Waals surface area contributed by atoms with Crippen LogP contribution in [-0.2, 0) is 13.2 Å². The Hall–Kier alpha value is -2.88. The van der Waals surface area contributed by atoms with Crippen LogP contribution >= 0.6 is 0 Å². The average molecular weight is 305 g/mol. The van der Waals surface area contributed by atoms with E-state index in [4.69, 9.17) is 4.74 Å². The van der Waals surface area contributed by atoms with Gasteiger partial charge < -0.3 is 10.1 Å². The number of benzene rings is 2. The summed E-state index contributed by atoms with van der Waals surface area (Å²) < 4.78 is 5.78. The normalized spacial score (nSPS) is 10.3. The highest BCUT2D eigenvalue weighted by Gasteiger charge is 2.00. The van der Waals surface area contributed by atoms with Gasteiger partial charge in [-0.2, -0.15) is 0 Å².